The number of rotatable bonds is 8. The normalized spacial score (nSPS) is 17.5. The minimum Gasteiger partial charge on any atom is -0.491 e. The van der Waals surface area contributed by atoms with Crippen molar-refractivity contribution in [3.05, 3.63) is 41.8 Å². The van der Waals surface area contributed by atoms with Crippen LogP contribution < -0.4 is 9.46 Å². The molecule has 1 atom stereocenters. The summed E-state index contributed by atoms with van der Waals surface area (Å²) in [5.74, 6) is 0.582. The Bertz CT molecular complexity index is 864. The van der Waals surface area contributed by atoms with Crippen LogP contribution in [-0.2, 0) is 10.0 Å². The van der Waals surface area contributed by atoms with E-state index in [2.05, 4.69) is 9.62 Å². The molecule has 1 aromatic heterocycles. The molecule has 1 saturated heterocycles. The summed E-state index contributed by atoms with van der Waals surface area (Å²) in [5.41, 5.74) is 1.78. The number of hydrogen-bond donors (Lipinski definition) is 2. The van der Waals surface area contributed by atoms with Crippen molar-refractivity contribution in [2.24, 2.45) is 0 Å². The average molecular weight is 429 g/mol. The van der Waals surface area contributed by atoms with E-state index in [-0.39, 0.29) is 12.6 Å². The number of nitrogens with one attached hydrogen (secondary N) is 1. The molecule has 3 rings (SSSR count). The molecule has 0 spiro atoms. The van der Waals surface area contributed by atoms with Crippen LogP contribution in [0, 0.1) is 0 Å². The Balaban J connectivity index is 1.47. The van der Waals surface area contributed by atoms with Gasteiger partial charge in [-0.2, -0.15) is 0 Å². The van der Waals surface area contributed by atoms with Gasteiger partial charge >= 0.3 is 0 Å². The van der Waals surface area contributed by atoms with Crippen molar-refractivity contribution in [3.8, 4) is 16.9 Å². The third-order valence-electron chi connectivity index (χ3n) is 4.61. The summed E-state index contributed by atoms with van der Waals surface area (Å²) in [6.07, 6.45) is 5.19. The van der Waals surface area contributed by atoms with Crippen molar-refractivity contribution in [1.82, 2.24) is 9.62 Å². The van der Waals surface area contributed by atoms with Gasteiger partial charge in [0, 0.05) is 23.2 Å². The van der Waals surface area contributed by atoms with Gasteiger partial charge in [0.1, 0.15) is 18.5 Å². The quantitative estimate of drug-likeness (QED) is 0.670. The van der Waals surface area contributed by atoms with E-state index in [0.29, 0.717) is 17.3 Å². The number of aliphatic hydroxyl groups is 1. The monoisotopic (exact) mass is 428 g/mol. The summed E-state index contributed by atoms with van der Waals surface area (Å²) in [6.45, 7) is 2.07. The zero-order valence-corrected chi connectivity index (χ0v) is 17.2. The highest BCUT2D eigenvalue weighted by molar-refractivity contribution is 7.88. The molecule has 2 heterocycles. The van der Waals surface area contributed by atoms with E-state index >= 15 is 0 Å². The minimum absolute atomic E-state index is 0.0348. The van der Waals surface area contributed by atoms with Gasteiger partial charge in [0.15, 0.2) is 0 Å². The molecule has 1 aromatic carbocycles. The van der Waals surface area contributed by atoms with Gasteiger partial charge in [0.05, 0.1) is 18.8 Å². The summed E-state index contributed by atoms with van der Waals surface area (Å²) in [6, 6.07) is 7.19. The van der Waals surface area contributed by atoms with Crippen molar-refractivity contribution >= 4 is 21.6 Å². The van der Waals surface area contributed by atoms with E-state index in [1.54, 1.807) is 18.6 Å². The van der Waals surface area contributed by atoms with Crippen LogP contribution in [-0.4, -0.2) is 63.1 Å². The van der Waals surface area contributed by atoms with Crippen molar-refractivity contribution in [1.29, 1.82) is 0 Å². The number of nitrogens with zero attached hydrogens (tertiary/aromatic N) is 1. The van der Waals surface area contributed by atoms with Gasteiger partial charge in [0.25, 0.3) is 0 Å². The van der Waals surface area contributed by atoms with Crippen molar-refractivity contribution in [2.75, 3.05) is 32.5 Å². The Kier molecular flexibility index (Phi) is 7.00. The maximum absolute atomic E-state index is 11.3. The number of furan rings is 1. The number of piperidine rings is 1. The second kappa shape index (κ2) is 9.28. The third-order valence-corrected chi connectivity index (χ3v) is 5.59. The molecule has 1 unspecified atom stereocenters. The topological polar surface area (TPSA) is 92.0 Å². The van der Waals surface area contributed by atoms with Gasteiger partial charge < -0.3 is 19.2 Å². The van der Waals surface area contributed by atoms with Crippen LogP contribution in [0.5, 0.6) is 5.75 Å². The molecule has 0 bridgehead atoms. The molecule has 28 heavy (non-hydrogen) atoms. The lowest BCUT2D eigenvalue weighted by atomic mass is 10.1. The zero-order valence-electron chi connectivity index (χ0n) is 15.7. The minimum atomic E-state index is -3.18. The molecule has 0 radical (unpaired) electrons. The number of sulfonamides is 1. The van der Waals surface area contributed by atoms with E-state index in [1.165, 1.54) is 6.26 Å². The fourth-order valence-corrected chi connectivity index (χ4v) is 4.39. The molecular formula is C19H25ClN2O5S. The van der Waals surface area contributed by atoms with E-state index in [0.717, 1.165) is 37.1 Å². The molecule has 0 saturated carbocycles. The predicted octanol–water partition coefficient (Wildman–Crippen LogP) is 2.35. The molecule has 1 aliphatic rings. The lowest BCUT2D eigenvalue weighted by Crippen LogP contribution is -2.46. The zero-order chi connectivity index (χ0) is 20.1. The second-order valence-corrected chi connectivity index (χ2v) is 9.33. The predicted molar refractivity (Wildman–Crippen MR) is 108 cm³/mol. The maximum Gasteiger partial charge on any atom is 0.208 e. The average Bonchev–Trinajstić information content (AvgIpc) is 3.15. The fourth-order valence-electron chi connectivity index (χ4n) is 3.32. The van der Waals surface area contributed by atoms with Gasteiger partial charge in [-0.15, -0.1) is 0 Å². The van der Waals surface area contributed by atoms with E-state index in [4.69, 9.17) is 20.8 Å². The summed E-state index contributed by atoms with van der Waals surface area (Å²) in [7, 11) is -3.18. The van der Waals surface area contributed by atoms with Crippen LogP contribution in [0.4, 0.5) is 0 Å². The molecule has 2 N–H and O–H groups in total. The van der Waals surface area contributed by atoms with Crippen LogP contribution in [0.1, 0.15) is 12.8 Å². The number of halogens is 1. The molecule has 1 fully saturated rings. The molecule has 1 aliphatic heterocycles. The SMILES string of the molecule is CS(=O)(=O)NC1CCN(CC(O)COc2cc(Cl)cc(-c3ccoc3)c2)CC1. The van der Waals surface area contributed by atoms with Gasteiger partial charge in [-0.25, -0.2) is 13.1 Å². The first kappa shape index (κ1) is 21.1. The Hall–Kier alpha value is -1.58. The molecular weight excluding hydrogens is 404 g/mol. The lowest BCUT2D eigenvalue weighted by molar-refractivity contribution is 0.0590. The molecule has 0 amide bonds. The van der Waals surface area contributed by atoms with Gasteiger partial charge in [-0.3, -0.25) is 0 Å². The number of benzene rings is 1. The molecule has 9 heteroatoms. The van der Waals surface area contributed by atoms with E-state index in [1.807, 2.05) is 18.2 Å². The van der Waals surface area contributed by atoms with Crippen molar-refractivity contribution in [3.63, 3.8) is 0 Å². The van der Waals surface area contributed by atoms with Crippen molar-refractivity contribution < 1.29 is 22.7 Å². The number of hydrogen-bond acceptors (Lipinski definition) is 6. The molecule has 2 aromatic rings. The Morgan fingerprint density at radius 3 is 2.71 bits per heavy atom. The summed E-state index contributed by atoms with van der Waals surface area (Å²) >= 11 is 6.17. The van der Waals surface area contributed by atoms with Crippen LogP contribution in [0.15, 0.2) is 41.2 Å². The Labute approximate surface area is 170 Å². The molecule has 7 nitrogen and oxygen atoms in total. The van der Waals surface area contributed by atoms with Crippen LogP contribution in [0.3, 0.4) is 0 Å². The Morgan fingerprint density at radius 2 is 2.07 bits per heavy atom. The lowest BCUT2D eigenvalue weighted by Gasteiger charge is -2.33. The van der Waals surface area contributed by atoms with Crippen LogP contribution >= 0.6 is 11.6 Å². The maximum atomic E-state index is 11.3. The van der Waals surface area contributed by atoms with E-state index in [9.17, 15) is 13.5 Å². The first-order valence-electron chi connectivity index (χ1n) is 9.12. The smallest absolute Gasteiger partial charge is 0.208 e. The number of ether oxygens (including phenoxy) is 1. The van der Waals surface area contributed by atoms with Crippen molar-refractivity contribution in [2.45, 2.75) is 25.0 Å². The van der Waals surface area contributed by atoms with E-state index < -0.39 is 16.1 Å². The largest absolute Gasteiger partial charge is 0.491 e. The number of likely N-dealkylation sites (tertiary alicyclic amines) is 1. The molecule has 154 valence electrons. The summed E-state index contributed by atoms with van der Waals surface area (Å²) in [5, 5.41) is 10.9. The highest BCUT2D eigenvalue weighted by atomic mass is 35.5. The van der Waals surface area contributed by atoms with Gasteiger partial charge in [-0.1, -0.05) is 11.6 Å². The standard InChI is InChI=1S/C19H25ClN2O5S/c1-28(24,25)21-17-2-5-22(6-3-17)11-18(23)13-27-19-9-15(8-16(20)10-19)14-4-7-26-12-14/h4,7-10,12,17-18,21,23H,2-3,5-6,11,13H2,1H3. The highest BCUT2D eigenvalue weighted by Crippen LogP contribution is 2.29. The summed E-state index contributed by atoms with van der Waals surface area (Å²) in [4.78, 5) is 2.11. The summed E-state index contributed by atoms with van der Waals surface area (Å²) < 4.78 is 36.1. The molecule has 0 aliphatic carbocycles. The number of aliphatic hydroxyl groups excluding tert-OH is 1. The highest BCUT2D eigenvalue weighted by Gasteiger charge is 2.23. The van der Waals surface area contributed by atoms with Gasteiger partial charge in [0.2, 0.25) is 10.0 Å². The van der Waals surface area contributed by atoms with Crippen LogP contribution in [0.2, 0.25) is 5.02 Å². The Morgan fingerprint density at radius 1 is 1.32 bits per heavy atom. The first-order chi connectivity index (χ1) is 13.3. The van der Waals surface area contributed by atoms with Gasteiger partial charge in [-0.05, 0) is 55.8 Å². The fraction of sp³-hybridized carbons (Fsp3) is 0.474. The number of β-amino-alcohol motifs (C(OH)–C–C–N with tert-alkyl or cyclic N) is 1. The second-order valence-electron chi connectivity index (χ2n) is 7.12. The third kappa shape index (κ3) is 6.49. The van der Waals surface area contributed by atoms with Crippen LogP contribution in [0.25, 0.3) is 11.1 Å². The first-order valence-corrected chi connectivity index (χ1v) is 11.4.